The molecule has 1 aromatic heterocycles. The monoisotopic (exact) mass is 435 g/mol. The van der Waals surface area contributed by atoms with E-state index in [2.05, 4.69) is 6.07 Å². The number of aromatic nitrogens is 2. The van der Waals surface area contributed by atoms with Gasteiger partial charge in [-0.25, -0.2) is 0 Å². The fourth-order valence-corrected chi connectivity index (χ4v) is 4.04. The Balaban J connectivity index is 1.83. The van der Waals surface area contributed by atoms with Crippen LogP contribution in [-0.4, -0.2) is 14.7 Å². The van der Waals surface area contributed by atoms with Gasteiger partial charge in [0.1, 0.15) is 17.3 Å². The average molecular weight is 435 g/mol. The molecule has 8 heteroatoms. The van der Waals surface area contributed by atoms with Crippen LogP contribution in [-0.2, 0) is 0 Å². The van der Waals surface area contributed by atoms with Crippen LogP contribution in [0.4, 0.5) is 5.69 Å². The average Bonchev–Trinajstić information content (AvgIpc) is 3.23. The van der Waals surface area contributed by atoms with Gasteiger partial charge in [-0.3, -0.25) is 10.1 Å². The molecule has 1 unspecified atom stereocenters. The molecule has 0 aliphatic carbocycles. The Hall–Kier alpha value is -4.90. The van der Waals surface area contributed by atoms with E-state index in [1.807, 2.05) is 60.7 Å². The first-order chi connectivity index (χ1) is 16.1. The lowest BCUT2D eigenvalue weighted by Crippen LogP contribution is -2.22. The minimum atomic E-state index is -0.689. The second kappa shape index (κ2) is 7.98. The molecule has 0 saturated heterocycles. The van der Waals surface area contributed by atoms with Gasteiger partial charge in [0.05, 0.1) is 22.1 Å². The highest BCUT2D eigenvalue weighted by Gasteiger charge is 2.38. The molecule has 0 spiro atoms. The van der Waals surface area contributed by atoms with Crippen molar-refractivity contribution in [1.29, 1.82) is 5.26 Å². The van der Waals surface area contributed by atoms with Crippen LogP contribution in [0.15, 0.2) is 96.4 Å². The van der Waals surface area contributed by atoms with Crippen LogP contribution in [0.2, 0.25) is 0 Å². The summed E-state index contributed by atoms with van der Waals surface area (Å²) in [6, 6.07) is 27.3. The molecule has 3 aromatic carbocycles. The molecule has 0 radical (unpaired) electrons. The van der Waals surface area contributed by atoms with Crippen molar-refractivity contribution >= 4 is 5.69 Å². The molecular formula is C25H17N5O3. The van der Waals surface area contributed by atoms with E-state index in [1.165, 1.54) is 12.1 Å². The van der Waals surface area contributed by atoms with Gasteiger partial charge < -0.3 is 10.5 Å². The van der Waals surface area contributed by atoms with Crippen molar-refractivity contribution in [1.82, 2.24) is 9.78 Å². The largest absolute Gasteiger partial charge is 0.422 e. The number of nitro groups is 1. The summed E-state index contributed by atoms with van der Waals surface area (Å²) < 4.78 is 7.60. The van der Waals surface area contributed by atoms with Crippen molar-refractivity contribution in [3.63, 3.8) is 0 Å². The van der Waals surface area contributed by atoms with Gasteiger partial charge in [-0.2, -0.15) is 15.0 Å². The molecule has 8 nitrogen and oxygen atoms in total. The number of fused-ring (bicyclic) bond motifs is 1. The van der Waals surface area contributed by atoms with E-state index in [4.69, 9.17) is 15.6 Å². The normalized spacial score (nSPS) is 14.8. The van der Waals surface area contributed by atoms with Crippen molar-refractivity contribution in [3.8, 4) is 28.9 Å². The lowest BCUT2D eigenvalue weighted by atomic mass is 9.83. The molecule has 33 heavy (non-hydrogen) atoms. The molecule has 1 aliphatic heterocycles. The Bertz CT molecular complexity index is 1440. The predicted molar refractivity (Wildman–Crippen MR) is 121 cm³/mol. The zero-order chi connectivity index (χ0) is 22.9. The number of nitriles is 1. The number of hydrogen-bond donors (Lipinski definition) is 1. The predicted octanol–water partition coefficient (Wildman–Crippen LogP) is 4.67. The van der Waals surface area contributed by atoms with E-state index in [0.717, 1.165) is 11.3 Å². The second-order valence-electron chi connectivity index (χ2n) is 7.46. The Kier molecular flexibility index (Phi) is 4.84. The first-order valence-corrected chi connectivity index (χ1v) is 10.1. The molecule has 1 atom stereocenters. The maximum absolute atomic E-state index is 11.4. The molecule has 160 valence electrons. The summed E-state index contributed by atoms with van der Waals surface area (Å²) in [7, 11) is 0. The fraction of sp³-hybridized carbons (Fsp3) is 0.0400. The van der Waals surface area contributed by atoms with Gasteiger partial charge in [-0.1, -0.05) is 60.7 Å². The van der Waals surface area contributed by atoms with E-state index in [0.29, 0.717) is 22.7 Å². The topological polar surface area (TPSA) is 120 Å². The lowest BCUT2D eigenvalue weighted by molar-refractivity contribution is -0.384. The maximum Gasteiger partial charge on any atom is 0.269 e. The summed E-state index contributed by atoms with van der Waals surface area (Å²) in [4.78, 5) is 11.0. The number of ether oxygens (including phenoxy) is 1. The number of allylic oxidation sites excluding steroid dienone is 1. The minimum absolute atomic E-state index is 0.0572. The van der Waals surface area contributed by atoms with Gasteiger partial charge in [0, 0.05) is 17.7 Å². The first kappa shape index (κ1) is 20.0. The number of hydrogen-bond acceptors (Lipinski definition) is 6. The van der Waals surface area contributed by atoms with Crippen LogP contribution in [0.3, 0.4) is 0 Å². The van der Waals surface area contributed by atoms with Crippen molar-refractivity contribution in [2.45, 2.75) is 5.92 Å². The Labute approximate surface area is 188 Å². The van der Waals surface area contributed by atoms with Gasteiger partial charge >= 0.3 is 0 Å². The number of nitro benzene ring substituents is 1. The SMILES string of the molecule is N#CC1=C(N)Oc2c(c(-c3ccccc3)nn2-c2ccccc2)C1c1cccc([N+](=O)[O-])c1. The van der Waals surface area contributed by atoms with Crippen LogP contribution in [0.1, 0.15) is 17.0 Å². The summed E-state index contributed by atoms with van der Waals surface area (Å²) in [5.41, 5.74) is 9.63. The van der Waals surface area contributed by atoms with E-state index < -0.39 is 10.8 Å². The molecule has 2 N–H and O–H groups in total. The summed E-state index contributed by atoms with van der Waals surface area (Å²) in [5.74, 6) is -0.377. The van der Waals surface area contributed by atoms with Gasteiger partial charge in [-0.15, -0.1) is 0 Å². The molecule has 0 fully saturated rings. The van der Waals surface area contributed by atoms with Gasteiger partial charge in [0.25, 0.3) is 5.69 Å². The smallest absolute Gasteiger partial charge is 0.269 e. The third-order valence-electron chi connectivity index (χ3n) is 5.51. The van der Waals surface area contributed by atoms with Gasteiger partial charge in [0.2, 0.25) is 11.8 Å². The lowest BCUT2D eigenvalue weighted by Gasteiger charge is -2.25. The zero-order valence-electron chi connectivity index (χ0n) is 17.3. The Morgan fingerprint density at radius 3 is 2.39 bits per heavy atom. The number of nitrogens with two attached hydrogens (primary N) is 1. The first-order valence-electron chi connectivity index (χ1n) is 10.1. The van der Waals surface area contributed by atoms with Crippen molar-refractivity contribution < 1.29 is 9.66 Å². The summed E-state index contributed by atoms with van der Waals surface area (Å²) in [6.07, 6.45) is 0. The molecule has 2 heterocycles. The van der Waals surface area contributed by atoms with Crippen LogP contribution in [0.25, 0.3) is 16.9 Å². The molecule has 0 amide bonds. The zero-order valence-corrected chi connectivity index (χ0v) is 17.3. The van der Waals surface area contributed by atoms with Crippen LogP contribution in [0, 0.1) is 21.4 Å². The second-order valence-corrected chi connectivity index (χ2v) is 7.46. The number of non-ortho nitro benzene ring substituents is 1. The highest BCUT2D eigenvalue weighted by Crippen LogP contribution is 2.47. The van der Waals surface area contributed by atoms with E-state index >= 15 is 0 Å². The quantitative estimate of drug-likeness (QED) is 0.367. The molecule has 0 bridgehead atoms. The van der Waals surface area contributed by atoms with Crippen LogP contribution in [0.5, 0.6) is 5.88 Å². The van der Waals surface area contributed by atoms with E-state index in [1.54, 1.807) is 16.8 Å². The van der Waals surface area contributed by atoms with Crippen molar-refractivity contribution in [3.05, 3.63) is 118 Å². The summed E-state index contributed by atoms with van der Waals surface area (Å²) >= 11 is 0. The van der Waals surface area contributed by atoms with Crippen LogP contribution >= 0.6 is 0 Å². The maximum atomic E-state index is 11.4. The van der Waals surface area contributed by atoms with Gasteiger partial charge in [-0.05, 0) is 17.7 Å². The number of benzene rings is 3. The standard InChI is InChI=1S/C25H17N5O3/c26-15-20-21(17-10-7-13-19(14-17)30(31)32)22-23(16-8-3-1-4-9-16)28-29(25(22)33-24(20)27)18-11-5-2-6-12-18/h1-14,21H,27H2. The third kappa shape index (κ3) is 3.38. The van der Waals surface area contributed by atoms with Crippen LogP contribution < -0.4 is 10.5 Å². The highest BCUT2D eigenvalue weighted by molar-refractivity contribution is 5.72. The third-order valence-corrected chi connectivity index (χ3v) is 5.51. The molecular weight excluding hydrogens is 418 g/mol. The Morgan fingerprint density at radius 2 is 1.73 bits per heavy atom. The van der Waals surface area contributed by atoms with Crippen molar-refractivity contribution in [2.24, 2.45) is 5.73 Å². The molecule has 1 aliphatic rings. The molecule has 4 aromatic rings. The van der Waals surface area contributed by atoms with Gasteiger partial charge in [0.15, 0.2) is 0 Å². The minimum Gasteiger partial charge on any atom is -0.422 e. The van der Waals surface area contributed by atoms with E-state index in [-0.39, 0.29) is 17.1 Å². The van der Waals surface area contributed by atoms with E-state index in [9.17, 15) is 15.4 Å². The number of para-hydroxylation sites is 1. The van der Waals surface area contributed by atoms with Crippen molar-refractivity contribution in [2.75, 3.05) is 0 Å². The molecule has 5 rings (SSSR count). The summed E-state index contributed by atoms with van der Waals surface area (Å²) in [5, 5.41) is 26.2. The Morgan fingerprint density at radius 1 is 1.03 bits per heavy atom. The molecule has 0 saturated carbocycles. The fourth-order valence-electron chi connectivity index (χ4n) is 4.04. The highest BCUT2D eigenvalue weighted by atomic mass is 16.6. The number of nitrogens with zero attached hydrogens (tertiary/aromatic N) is 4. The number of rotatable bonds is 4. The summed E-state index contributed by atoms with van der Waals surface area (Å²) in [6.45, 7) is 0.